The van der Waals surface area contributed by atoms with Gasteiger partial charge in [-0.3, -0.25) is 9.00 Å². The molecule has 0 unspecified atom stereocenters. The summed E-state index contributed by atoms with van der Waals surface area (Å²) in [5.74, 6) is -0.709. The molecular formula is C22H21NO4S. The Kier molecular flexibility index (Phi) is 6.21. The molecule has 0 bridgehead atoms. The third kappa shape index (κ3) is 4.46. The van der Waals surface area contributed by atoms with Crippen LogP contribution in [0.15, 0.2) is 71.6 Å². The first-order valence-electron chi connectivity index (χ1n) is 8.97. The fraction of sp³-hybridized carbons (Fsp3) is 0.182. The van der Waals surface area contributed by atoms with Gasteiger partial charge in [-0.05, 0) is 42.0 Å². The predicted molar refractivity (Wildman–Crippen MR) is 111 cm³/mol. The summed E-state index contributed by atoms with van der Waals surface area (Å²) in [4.78, 5) is 25.3. The van der Waals surface area contributed by atoms with E-state index < -0.39 is 28.8 Å². The molecule has 0 radical (unpaired) electrons. The van der Waals surface area contributed by atoms with E-state index in [-0.39, 0.29) is 5.56 Å². The van der Waals surface area contributed by atoms with Crippen LogP contribution in [0, 0.1) is 0 Å². The van der Waals surface area contributed by atoms with E-state index >= 15 is 0 Å². The zero-order valence-corrected chi connectivity index (χ0v) is 16.5. The lowest BCUT2D eigenvalue weighted by atomic mass is 10.1. The molecule has 0 aliphatic heterocycles. The number of ether oxygens (including phenoxy) is 1. The van der Waals surface area contributed by atoms with Crippen LogP contribution in [0.4, 0.5) is 5.69 Å². The molecule has 0 saturated carbocycles. The molecule has 1 amide bonds. The Morgan fingerprint density at radius 2 is 1.68 bits per heavy atom. The Morgan fingerprint density at radius 3 is 2.43 bits per heavy atom. The van der Waals surface area contributed by atoms with Crippen molar-refractivity contribution in [3.8, 4) is 0 Å². The van der Waals surface area contributed by atoms with Gasteiger partial charge in [0.1, 0.15) is 0 Å². The van der Waals surface area contributed by atoms with E-state index in [1.807, 2.05) is 36.4 Å². The van der Waals surface area contributed by atoms with Crippen LogP contribution in [0.3, 0.4) is 0 Å². The average molecular weight is 395 g/mol. The van der Waals surface area contributed by atoms with E-state index in [2.05, 4.69) is 5.32 Å². The molecule has 28 heavy (non-hydrogen) atoms. The molecule has 0 aliphatic carbocycles. The summed E-state index contributed by atoms with van der Waals surface area (Å²) in [6, 6.07) is 20.0. The monoisotopic (exact) mass is 395 g/mol. The summed E-state index contributed by atoms with van der Waals surface area (Å²) in [5.41, 5.74) is 0.840. The fourth-order valence-electron chi connectivity index (χ4n) is 2.78. The summed E-state index contributed by atoms with van der Waals surface area (Å²) in [5, 5.41) is 4.83. The molecule has 0 spiro atoms. The number of benzene rings is 3. The van der Waals surface area contributed by atoms with Crippen molar-refractivity contribution in [2.45, 2.75) is 24.8 Å². The summed E-state index contributed by atoms with van der Waals surface area (Å²) < 4.78 is 17.4. The number of hydrogen-bond acceptors (Lipinski definition) is 4. The van der Waals surface area contributed by atoms with Crippen LogP contribution in [0.2, 0.25) is 0 Å². The van der Waals surface area contributed by atoms with Crippen LogP contribution in [0.5, 0.6) is 0 Å². The van der Waals surface area contributed by atoms with Crippen molar-refractivity contribution in [3.05, 3.63) is 72.3 Å². The standard InChI is InChI=1S/C22H21NO4S/c1-3-28(26)20-11-7-6-10-19(20)22(25)27-15(2)21(24)23-18-13-12-16-8-4-5-9-17(16)14-18/h4-15H,3H2,1-2H3,(H,23,24)/t15-,28-/m0/s1. The highest BCUT2D eigenvalue weighted by molar-refractivity contribution is 7.85. The highest BCUT2D eigenvalue weighted by Crippen LogP contribution is 2.20. The van der Waals surface area contributed by atoms with Crippen LogP contribution < -0.4 is 5.32 Å². The van der Waals surface area contributed by atoms with Crippen molar-refractivity contribution in [1.82, 2.24) is 0 Å². The summed E-state index contributed by atoms with van der Waals surface area (Å²) in [6.07, 6.45) is -0.998. The molecule has 6 heteroatoms. The Morgan fingerprint density at radius 1 is 1.00 bits per heavy atom. The number of carbonyl (C=O) groups excluding carboxylic acids is 2. The Hall–Kier alpha value is -2.99. The number of esters is 1. The molecule has 5 nitrogen and oxygen atoms in total. The molecular weight excluding hydrogens is 374 g/mol. The maximum atomic E-state index is 12.5. The van der Waals surface area contributed by atoms with E-state index in [0.29, 0.717) is 16.3 Å². The lowest BCUT2D eigenvalue weighted by Crippen LogP contribution is -2.30. The molecule has 0 fully saturated rings. The van der Waals surface area contributed by atoms with Crippen molar-refractivity contribution >= 4 is 39.1 Å². The quantitative estimate of drug-likeness (QED) is 0.637. The van der Waals surface area contributed by atoms with Crippen LogP contribution in [0.1, 0.15) is 24.2 Å². The first kappa shape index (κ1) is 19.8. The van der Waals surface area contributed by atoms with Crippen molar-refractivity contribution in [2.75, 3.05) is 11.1 Å². The number of nitrogens with one attached hydrogen (secondary N) is 1. The van der Waals surface area contributed by atoms with Gasteiger partial charge >= 0.3 is 5.97 Å². The van der Waals surface area contributed by atoms with Crippen LogP contribution in [0.25, 0.3) is 10.8 Å². The van der Waals surface area contributed by atoms with Gasteiger partial charge in [-0.15, -0.1) is 0 Å². The van der Waals surface area contributed by atoms with Crippen LogP contribution in [-0.2, 0) is 20.3 Å². The normalized spacial score (nSPS) is 12.9. The minimum atomic E-state index is -1.29. The van der Waals surface area contributed by atoms with Gasteiger partial charge in [0.25, 0.3) is 5.91 Å². The number of amides is 1. The molecule has 3 rings (SSSR count). The topological polar surface area (TPSA) is 72.5 Å². The highest BCUT2D eigenvalue weighted by atomic mass is 32.2. The van der Waals surface area contributed by atoms with Crippen LogP contribution in [-0.4, -0.2) is 27.9 Å². The van der Waals surface area contributed by atoms with Gasteiger partial charge in [0, 0.05) is 11.4 Å². The van der Waals surface area contributed by atoms with Crippen LogP contribution >= 0.6 is 0 Å². The number of carbonyl (C=O) groups is 2. The highest BCUT2D eigenvalue weighted by Gasteiger charge is 2.22. The zero-order valence-electron chi connectivity index (χ0n) is 15.7. The van der Waals surface area contributed by atoms with E-state index in [9.17, 15) is 13.8 Å². The molecule has 3 aromatic rings. The number of hydrogen-bond donors (Lipinski definition) is 1. The van der Waals surface area contributed by atoms with Gasteiger partial charge in [0.15, 0.2) is 6.10 Å². The third-order valence-corrected chi connectivity index (χ3v) is 5.66. The molecule has 0 saturated heterocycles. The maximum absolute atomic E-state index is 12.5. The maximum Gasteiger partial charge on any atom is 0.340 e. The van der Waals surface area contributed by atoms with Gasteiger partial charge in [-0.1, -0.05) is 49.4 Å². The first-order valence-corrected chi connectivity index (χ1v) is 10.3. The number of anilines is 1. The van der Waals surface area contributed by atoms with Crippen molar-refractivity contribution in [2.24, 2.45) is 0 Å². The summed E-state index contributed by atoms with van der Waals surface area (Å²) in [7, 11) is -1.29. The van der Waals surface area contributed by atoms with Gasteiger partial charge in [-0.2, -0.15) is 0 Å². The van der Waals surface area contributed by atoms with E-state index in [0.717, 1.165) is 10.8 Å². The van der Waals surface area contributed by atoms with Crippen molar-refractivity contribution in [1.29, 1.82) is 0 Å². The first-order chi connectivity index (χ1) is 13.5. The SMILES string of the molecule is CC[S@](=O)c1ccccc1C(=O)O[C@@H](C)C(=O)Nc1ccc2ccccc2c1. The second-order valence-corrected chi connectivity index (χ2v) is 7.94. The summed E-state index contributed by atoms with van der Waals surface area (Å²) >= 11 is 0. The second kappa shape index (κ2) is 8.80. The fourth-order valence-corrected chi connectivity index (χ4v) is 3.72. The second-order valence-electron chi connectivity index (χ2n) is 6.23. The lowest BCUT2D eigenvalue weighted by Gasteiger charge is -2.15. The molecule has 3 aromatic carbocycles. The zero-order chi connectivity index (χ0) is 20.1. The van der Waals surface area contributed by atoms with E-state index in [1.54, 1.807) is 37.3 Å². The van der Waals surface area contributed by atoms with Gasteiger partial charge in [0.2, 0.25) is 0 Å². The van der Waals surface area contributed by atoms with Gasteiger partial charge < -0.3 is 10.1 Å². The van der Waals surface area contributed by atoms with Crippen molar-refractivity contribution < 1.29 is 18.5 Å². The third-order valence-electron chi connectivity index (χ3n) is 4.28. The van der Waals surface area contributed by atoms with E-state index in [1.165, 1.54) is 6.92 Å². The lowest BCUT2D eigenvalue weighted by molar-refractivity contribution is -0.123. The Balaban J connectivity index is 1.70. The number of rotatable bonds is 6. The molecule has 1 N–H and O–H groups in total. The van der Waals surface area contributed by atoms with Gasteiger partial charge in [0.05, 0.1) is 21.3 Å². The molecule has 0 heterocycles. The number of fused-ring (bicyclic) bond motifs is 1. The van der Waals surface area contributed by atoms with E-state index in [4.69, 9.17) is 4.74 Å². The molecule has 144 valence electrons. The average Bonchev–Trinajstić information content (AvgIpc) is 2.72. The predicted octanol–water partition coefficient (Wildman–Crippen LogP) is 4.15. The smallest absolute Gasteiger partial charge is 0.340 e. The Labute approximate surface area is 166 Å². The molecule has 0 aromatic heterocycles. The minimum Gasteiger partial charge on any atom is -0.449 e. The van der Waals surface area contributed by atoms with Crippen molar-refractivity contribution in [3.63, 3.8) is 0 Å². The summed E-state index contributed by atoms with van der Waals surface area (Å²) in [6.45, 7) is 3.28. The largest absolute Gasteiger partial charge is 0.449 e. The molecule has 2 atom stereocenters. The minimum absolute atomic E-state index is 0.216. The van der Waals surface area contributed by atoms with Gasteiger partial charge in [-0.25, -0.2) is 4.79 Å². The molecule has 0 aliphatic rings. The Bertz CT molecular complexity index is 1050.